The molecule has 0 unspecified atom stereocenters. The van der Waals surface area contributed by atoms with E-state index in [0.717, 1.165) is 49.7 Å². The highest BCUT2D eigenvalue weighted by Crippen LogP contribution is 2.29. The molecule has 6 heteroatoms. The zero-order chi connectivity index (χ0) is 13.9. The zero-order valence-electron chi connectivity index (χ0n) is 11.0. The van der Waals surface area contributed by atoms with Crippen molar-refractivity contribution in [3.63, 3.8) is 0 Å². The van der Waals surface area contributed by atoms with Gasteiger partial charge in [-0.05, 0) is 25.1 Å². The van der Waals surface area contributed by atoms with E-state index in [2.05, 4.69) is 26.5 Å². The fraction of sp³-hybridized carbons (Fsp3) is 0.357. The van der Waals surface area contributed by atoms with Gasteiger partial charge in [0.05, 0.1) is 15.7 Å². The van der Waals surface area contributed by atoms with E-state index >= 15 is 0 Å². The highest BCUT2D eigenvalue weighted by Gasteiger charge is 2.13. The van der Waals surface area contributed by atoms with E-state index in [1.54, 1.807) is 6.07 Å². The van der Waals surface area contributed by atoms with Crippen LogP contribution in [0, 0.1) is 0 Å². The number of H-pyrrole nitrogens is 1. The molecule has 106 valence electrons. The van der Waals surface area contributed by atoms with Gasteiger partial charge in [-0.15, -0.1) is 0 Å². The fourth-order valence-electron chi connectivity index (χ4n) is 2.36. The molecular formula is C14H16Cl2N4. The Kier molecular flexibility index (Phi) is 4.15. The summed E-state index contributed by atoms with van der Waals surface area (Å²) in [5.41, 5.74) is 1.95. The third-order valence-corrected chi connectivity index (χ3v) is 4.20. The molecule has 0 saturated carbocycles. The number of nitrogens with zero attached hydrogens (tertiary/aromatic N) is 2. The van der Waals surface area contributed by atoms with Crippen molar-refractivity contribution in [2.75, 3.05) is 31.1 Å². The van der Waals surface area contributed by atoms with Crippen molar-refractivity contribution in [3.8, 4) is 11.3 Å². The number of rotatable bonds is 2. The number of benzene rings is 1. The average Bonchev–Trinajstić information content (AvgIpc) is 2.78. The molecule has 1 saturated heterocycles. The molecule has 0 radical (unpaired) electrons. The van der Waals surface area contributed by atoms with Crippen LogP contribution in [0.1, 0.15) is 6.42 Å². The van der Waals surface area contributed by atoms with Crippen molar-refractivity contribution in [1.82, 2.24) is 15.5 Å². The number of anilines is 1. The third-order valence-electron chi connectivity index (χ3n) is 3.46. The summed E-state index contributed by atoms with van der Waals surface area (Å²) in [5.74, 6) is 0.981. The van der Waals surface area contributed by atoms with Gasteiger partial charge in [-0.25, -0.2) is 0 Å². The van der Waals surface area contributed by atoms with Crippen molar-refractivity contribution in [3.05, 3.63) is 34.3 Å². The van der Waals surface area contributed by atoms with Crippen LogP contribution < -0.4 is 10.2 Å². The van der Waals surface area contributed by atoms with Crippen LogP contribution in [0.4, 0.5) is 5.82 Å². The molecule has 4 nitrogen and oxygen atoms in total. The van der Waals surface area contributed by atoms with Gasteiger partial charge in [-0.2, -0.15) is 5.10 Å². The van der Waals surface area contributed by atoms with Gasteiger partial charge in [-0.3, -0.25) is 5.10 Å². The lowest BCUT2D eigenvalue weighted by molar-refractivity contribution is 0.724. The summed E-state index contributed by atoms with van der Waals surface area (Å²) < 4.78 is 0. The summed E-state index contributed by atoms with van der Waals surface area (Å²) in [7, 11) is 0. The van der Waals surface area contributed by atoms with E-state index in [1.165, 1.54) is 0 Å². The second-order valence-electron chi connectivity index (χ2n) is 4.86. The lowest BCUT2D eigenvalue weighted by Crippen LogP contribution is -2.28. The molecule has 0 atom stereocenters. The number of nitrogens with one attached hydrogen (secondary N) is 2. The highest BCUT2D eigenvalue weighted by atomic mass is 35.5. The minimum atomic E-state index is 0.555. The number of aromatic nitrogens is 2. The van der Waals surface area contributed by atoms with Crippen molar-refractivity contribution in [1.29, 1.82) is 0 Å². The van der Waals surface area contributed by atoms with Crippen LogP contribution in [0.3, 0.4) is 0 Å². The van der Waals surface area contributed by atoms with Gasteiger partial charge in [0.2, 0.25) is 0 Å². The van der Waals surface area contributed by atoms with Crippen LogP contribution in [-0.4, -0.2) is 36.4 Å². The third kappa shape index (κ3) is 2.92. The molecule has 2 aromatic rings. The molecule has 1 aromatic carbocycles. The smallest absolute Gasteiger partial charge is 0.151 e. The monoisotopic (exact) mass is 310 g/mol. The SMILES string of the molecule is Clc1ccc(-c2cc(N3CCCNCC3)n[nH]2)cc1Cl. The minimum Gasteiger partial charge on any atom is -0.354 e. The number of hydrogen-bond acceptors (Lipinski definition) is 3. The molecule has 2 heterocycles. The summed E-state index contributed by atoms with van der Waals surface area (Å²) in [4.78, 5) is 2.29. The first kappa shape index (κ1) is 13.7. The van der Waals surface area contributed by atoms with E-state index in [4.69, 9.17) is 23.2 Å². The largest absolute Gasteiger partial charge is 0.354 e. The molecule has 2 N–H and O–H groups in total. The van der Waals surface area contributed by atoms with Gasteiger partial charge in [0.1, 0.15) is 0 Å². The molecule has 1 aliphatic rings. The standard InChI is InChI=1S/C14H16Cl2N4/c15-11-3-2-10(8-12(11)16)13-9-14(19-18-13)20-6-1-4-17-5-7-20/h2-3,8-9,17H,1,4-7H2,(H,18,19). The van der Waals surface area contributed by atoms with E-state index in [9.17, 15) is 0 Å². The maximum absolute atomic E-state index is 6.06. The summed E-state index contributed by atoms with van der Waals surface area (Å²) in [5, 5.41) is 12.0. The van der Waals surface area contributed by atoms with Crippen molar-refractivity contribution in [2.24, 2.45) is 0 Å². The van der Waals surface area contributed by atoms with Gasteiger partial charge >= 0.3 is 0 Å². The Morgan fingerprint density at radius 2 is 1.95 bits per heavy atom. The Morgan fingerprint density at radius 1 is 1.05 bits per heavy atom. The Hall–Kier alpha value is -1.23. The Bertz CT molecular complexity index is 589. The van der Waals surface area contributed by atoms with E-state index in [1.807, 2.05) is 12.1 Å². The lowest BCUT2D eigenvalue weighted by Gasteiger charge is -2.18. The van der Waals surface area contributed by atoms with E-state index < -0.39 is 0 Å². The summed E-state index contributed by atoms with van der Waals surface area (Å²) in [6, 6.07) is 7.65. The van der Waals surface area contributed by atoms with Gasteiger partial charge in [0.15, 0.2) is 5.82 Å². The first-order valence-corrected chi connectivity index (χ1v) is 7.46. The molecule has 3 rings (SSSR count). The first-order chi connectivity index (χ1) is 9.74. The van der Waals surface area contributed by atoms with Gasteiger partial charge in [0, 0.05) is 31.3 Å². The Morgan fingerprint density at radius 3 is 2.80 bits per heavy atom. The van der Waals surface area contributed by atoms with Gasteiger partial charge < -0.3 is 10.2 Å². The maximum atomic E-state index is 6.06. The Balaban J connectivity index is 1.83. The van der Waals surface area contributed by atoms with Crippen LogP contribution in [0.5, 0.6) is 0 Å². The van der Waals surface area contributed by atoms with E-state index in [0.29, 0.717) is 10.0 Å². The molecule has 1 aromatic heterocycles. The van der Waals surface area contributed by atoms with Crippen molar-refractivity contribution >= 4 is 29.0 Å². The molecule has 1 fully saturated rings. The number of halogens is 2. The van der Waals surface area contributed by atoms with Crippen LogP contribution in [-0.2, 0) is 0 Å². The summed E-state index contributed by atoms with van der Waals surface area (Å²) >= 11 is 12.0. The maximum Gasteiger partial charge on any atom is 0.151 e. The van der Waals surface area contributed by atoms with Crippen molar-refractivity contribution in [2.45, 2.75) is 6.42 Å². The topological polar surface area (TPSA) is 44.0 Å². The van der Waals surface area contributed by atoms with Crippen molar-refractivity contribution < 1.29 is 0 Å². The molecule has 20 heavy (non-hydrogen) atoms. The normalized spacial score (nSPS) is 16.2. The van der Waals surface area contributed by atoms with Crippen LogP contribution in [0.15, 0.2) is 24.3 Å². The predicted octanol–water partition coefficient (Wildman–Crippen LogP) is 3.18. The zero-order valence-corrected chi connectivity index (χ0v) is 12.5. The molecule has 1 aliphatic heterocycles. The summed E-state index contributed by atoms with van der Waals surface area (Å²) in [6.07, 6.45) is 1.13. The van der Waals surface area contributed by atoms with E-state index in [-0.39, 0.29) is 0 Å². The minimum absolute atomic E-state index is 0.555. The first-order valence-electron chi connectivity index (χ1n) is 6.70. The number of hydrogen-bond donors (Lipinski definition) is 2. The summed E-state index contributed by atoms with van der Waals surface area (Å²) in [6.45, 7) is 4.07. The molecule has 0 amide bonds. The lowest BCUT2D eigenvalue weighted by atomic mass is 10.1. The van der Waals surface area contributed by atoms with Crippen LogP contribution in [0.2, 0.25) is 10.0 Å². The molecule has 0 spiro atoms. The van der Waals surface area contributed by atoms with Gasteiger partial charge in [-0.1, -0.05) is 29.3 Å². The average molecular weight is 311 g/mol. The van der Waals surface area contributed by atoms with Crippen LogP contribution in [0.25, 0.3) is 11.3 Å². The quantitative estimate of drug-likeness (QED) is 0.895. The second-order valence-corrected chi connectivity index (χ2v) is 5.67. The predicted molar refractivity (Wildman–Crippen MR) is 83.7 cm³/mol. The highest BCUT2D eigenvalue weighted by molar-refractivity contribution is 6.42. The fourth-order valence-corrected chi connectivity index (χ4v) is 2.66. The molecular weight excluding hydrogens is 295 g/mol. The van der Waals surface area contributed by atoms with Gasteiger partial charge in [0.25, 0.3) is 0 Å². The second kappa shape index (κ2) is 6.04. The number of aromatic amines is 1. The molecule has 0 aliphatic carbocycles. The Labute approximate surface area is 128 Å². The molecule has 0 bridgehead atoms. The van der Waals surface area contributed by atoms with Crippen LogP contribution >= 0.6 is 23.2 Å².